The van der Waals surface area contributed by atoms with Crippen molar-refractivity contribution in [1.82, 2.24) is 53.2 Å². The van der Waals surface area contributed by atoms with E-state index in [1.54, 1.807) is 41.5 Å². The number of carbonyl (C=O) groups is 15. The van der Waals surface area contributed by atoms with Crippen LogP contribution in [0.25, 0.3) is 0 Å². The first-order chi connectivity index (χ1) is 40.0. The molecule has 33 heteroatoms. The summed E-state index contributed by atoms with van der Waals surface area (Å²) in [5.74, 6) is -18.5. The Morgan fingerprint density at radius 2 is 0.919 bits per heavy atom. The Balaban J connectivity index is 3.23. The number of nitrogens with one attached hydrogen (secondary N) is 10. The van der Waals surface area contributed by atoms with Gasteiger partial charge in [-0.15, -0.1) is 0 Å². The van der Waals surface area contributed by atoms with Crippen molar-refractivity contribution in [2.45, 2.75) is 173 Å². The zero-order chi connectivity index (χ0) is 65.7. The third kappa shape index (κ3) is 29.3. The second-order valence-electron chi connectivity index (χ2n) is 21.4. The van der Waals surface area contributed by atoms with Crippen LogP contribution in [0.2, 0.25) is 0 Å². The van der Waals surface area contributed by atoms with Crippen molar-refractivity contribution in [3.8, 4) is 5.75 Å². The van der Waals surface area contributed by atoms with Gasteiger partial charge < -0.3 is 90.2 Å². The Morgan fingerprint density at radius 3 is 1.42 bits per heavy atom. The SMILES string of the molecule is CC(C)C[C@H](NC(=O)[C@H](CC(=O)O)NC(=O)[C@H](CCC(N)=O)NC(=O)[C@H](C)NC(=O)[C@H](CCC(=O)O)NC(=O)[C@H](CS)NC(=O)CNC(=O)[C@H](CC(C)C)NC(=O)[C@@H](NC(=O)[C@@H](N)CCC(=O)O)C(C)C)C(=O)N[C@@H](Cc1ccc(O)cc1)C(=O)O. The summed E-state index contributed by atoms with van der Waals surface area (Å²) < 4.78 is 0. The molecule has 0 saturated carbocycles. The highest BCUT2D eigenvalue weighted by Crippen LogP contribution is 2.14. The summed E-state index contributed by atoms with van der Waals surface area (Å²) in [4.78, 5) is 193. The van der Waals surface area contributed by atoms with Crippen molar-refractivity contribution in [2.24, 2.45) is 29.2 Å². The largest absolute Gasteiger partial charge is 0.508 e. The molecule has 1 rings (SSSR count). The molecule has 86 heavy (non-hydrogen) atoms. The molecule has 0 saturated heterocycles. The molecule has 1 aromatic carbocycles. The first kappa shape index (κ1) is 75.4. The lowest BCUT2D eigenvalue weighted by atomic mass is 9.99. The topological polar surface area (TPSA) is 530 Å². The van der Waals surface area contributed by atoms with E-state index in [9.17, 15) is 92.3 Å². The Labute approximate surface area is 500 Å². The van der Waals surface area contributed by atoms with Gasteiger partial charge in [-0.3, -0.25) is 67.1 Å². The number of phenolic OH excluding ortho intramolecular Hbond substituents is 1. The van der Waals surface area contributed by atoms with Crippen LogP contribution in [0, 0.1) is 17.8 Å². The molecule has 0 aliphatic carbocycles. The average Bonchev–Trinajstić information content (AvgIpc) is 3.59. The summed E-state index contributed by atoms with van der Waals surface area (Å²) in [6, 6.07) is -9.94. The number of aromatic hydroxyl groups is 1. The van der Waals surface area contributed by atoms with Crippen LogP contribution in [0.1, 0.15) is 112 Å². The fraction of sp³-hybridized carbons (Fsp3) is 0.604. The van der Waals surface area contributed by atoms with Crippen LogP contribution in [0.5, 0.6) is 5.75 Å². The molecule has 0 fully saturated rings. The van der Waals surface area contributed by atoms with Crippen LogP contribution < -0.4 is 64.6 Å². The van der Waals surface area contributed by atoms with Crippen LogP contribution in [0.3, 0.4) is 0 Å². The maximum absolute atomic E-state index is 13.8. The molecule has 0 aliphatic rings. The van der Waals surface area contributed by atoms with Gasteiger partial charge in [0.25, 0.3) is 0 Å². The van der Waals surface area contributed by atoms with Gasteiger partial charge in [0.05, 0.1) is 19.0 Å². The molecule has 480 valence electrons. The molecule has 10 atom stereocenters. The predicted molar refractivity (Wildman–Crippen MR) is 306 cm³/mol. The Bertz CT molecular complexity index is 2590. The quantitative estimate of drug-likeness (QED) is 0.0278. The molecule has 0 unspecified atom stereocenters. The molecule has 1 aromatic rings. The maximum Gasteiger partial charge on any atom is 0.326 e. The number of amides is 11. The number of hydrogen-bond donors (Lipinski definition) is 18. The number of aliphatic carboxylic acids is 4. The highest BCUT2D eigenvalue weighted by Gasteiger charge is 2.36. The van der Waals surface area contributed by atoms with Gasteiger partial charge in [0.2, 0.25) is 65.0 Å². The summed E-state index contributed by atoms with van der Waals surface area (Å²) in [5, 5.41) is 70.9. The number of primary amides is 1. The first-order valence-electron chi connectivity index (χ1n) is 27.4. The zero-order valence-corrected chi connectivity index (χ0v) is 49.7. The highest BCUT2D eigenvalue weighted by molar-refractivity contribution is 7.80. The number of carbonyl (C=O) groups excluding carboxylic acids is 11. The molecule has 0 radical (unpaired) electrons. The van der Waals surface area contributed by atoms with E-state index >= 15 is 0 Å². The normalized spacial score (nSPS) is 14.6. The number of carboxylic acid groups (broad SMARTS) is 4. The van der Waals surface area contributed by atoms with Crippen molar-refractivity contribution in [2.75, 3.05) is 12.3 Å². The van der Waals surface area contributed by atoms with Gasteiger partial charge in [-0.2, -0.15) is 12.6 Å². The smallest absolute Gasteiger partial charge is 0.326 e. The number of nitrogens with two attached hydrogens (primary N) is 2. The van der Waals surface area contributed by atoms with E-state index in [-0.39, 0.29) is 43.3 Å². The molecule has 0 aromatic heterocycles. The number of carboxylic acids is 4. The van der Waals surface area contributed by atoms with Crippen LogP contribution in [0.15, 0.2) is 24.3 Å². The number of phenols is 1. The van der Waals surface area contributed by atoms with E-state index in [0.29, 0.717) is 5.56 Å². The van der Waals surface area contributed by atoms with E-state index in [1.165, 1.54) is 24.3 Å². The Morgan fingerprint density at radius 1 is 0.477 bits per heavy atom. The molecule has 0 aliphatic heterocycles. The second-order valence-corrected chi connectivity index (χ2v) is 21.8. The molecule has 0 bridgehead atoms. The van der Waals surface area contributed by atoms with Crippen molar-refractivity contribution in [1.29, 1.82) is 0 Å². The number of hydrogen-bond acceptors (Lipinski definition) is 18. The van der Waals surface area contributed by atoms with Gasteiger partial charge in [-0.1, -0.05) is 53.7 Å². The maximum atomic E-state index is 13.8. The van der Waals surface area contributed by atoms with Crippen LogP contribution in [-0.4, -0.2) is 187 Å². The lowest BCUT2D eigenvalue weighted by molar-refractivity contribution is -0.143. The molecule has 11 amide bonds. The van der Waals surface area contributed by atoms with Crippen LogP contribution >= 0.6 is 12.6 Å². The van der Waals surface area contributed by atoms with Crippen LogP contribution in [-0.2, 0) is 78.3 Å². The van der Waals surface area contributed by atoms with Gasteiger partial charge in [-0.25, -0.2) is 4.79 Å². The summed E-state index contributed by atoms with van der Waals surface area (Å²) in [7, 11) is 0. The second kappa shape index (κ2) is 37.6. The van der Waals surface area contributed by atoms with Crippen molar-refractivity contribution in [3.05, 3.63) is 29.8 Å². The molecule has 19 N–H and O–H groups in total. The van der Waals surface area contributed by atoms with Gasteiger partial charge in [0.15, 0.2) is 0 Å². The lowest BCUT2D eigenvalue weighted by Gasteiger charge is -2.27. The minimum atomic E-state index is -1.97. The van der Waals surface area contributed by atoms with Gasteiger partial charge in [0, 0.05) is 31.4 Å². The fourth-order valence-corrected chi connectivity index (χ4v) is 8.17. The third-order valence-electron chi connectivity index (χ3n) is 12.5. The average molecular weight is 1240 g/mol. The van der Waals surface area contributed by atoms with E-state index in [4.69, 9.17) is 16.6 Å². The monoisotopic (exact) mass is 1240 g/mol. The molecular weight excluding hydrogens is 1160 g/mol. The summed E-state index contributed by atoms with van der Waals surface area (Å²) in [6.45, 7) is 10.3. The molecule has 0 spiro atoms. The number of benzene rings is 1. The molecular formula is C53H82N12O20S. The van der Waals surface area contributed by atoms with E-state index in [1.807, 2.05) is 0 Å². The minimum absolute atomic E-state index is 0.0501. The minimum Gasteiger partial charge on any atom is -0.508 e. The van der Waals surface area contributed by atoms with E-state index < -0.39 is 206 Å². The van der Waals surface area contributed by atoms with Crippen molar-refractivity contribution >= 4 is 101 Å². The summed E-state index contributed by atoms with van der Waals surface area (Å²) in [6.07, 6.45) is -4.48. The van der Waals surface area contributed by atoms with Gasteiger partial charge in [-0.05, 0) is 74.5 Å². The fourth-order valence-electron chi connectivity index (χ4n) is 7.91. The molecule has 32 nitrogen and oxygen atoms in total. The van der Waals surface area contributed by atoms with E-state index in [0.717, 1.165) is 6.92 Å². The van der Waals surface area contributed by atoms with Gasteiger partial charge in [0.1, 0.15) is 60.1 Å². The van der Waals surface area contributed by atoms with E-state index in [2.05, 4.69) is 65.8 Å². The zero-order valence-electron chi connectivity index (χ0n) is 48.8. The third-order valence-corrected chi connectivity index (χ3v) is 12.9. The Kier molecular flexibility index (Phi) is 33.0. The number of thiol groups is 1. The Hall–Kier alpha value is -8.62. The standard InChI is InChI=1S/C53H82N12O20S/c1-24(2)18-33(63-52(83)43(26(5)6)65-45(76)30(54)12-16-40(69)70)46(77)56-22-39(68)58-37(23-86)51(82)60-32(14-17-41(71)72)47(78)57-27(7)44(75)59-31(13-15-38(55)67)48(79)62-35(21-42(73)74)50(81)61-34(19-25(3)4)49(80)64-36(53(84)85)20-28-8-10-29(66)11-9-28/h8-11,24-27,30-37,43,66,86H,12-23,54H2,1-7H3,(H2,55,67)(H,56,77)(H,57,78)(H,58,68)(H,59,75)(H,60,82)(H,61,81)(H,62,79)(H,63,83)(H,64,80)(H,65,76)(H,69,70)(H,71,72)(H,73,74)(H,84,85)/t27-,30-,31-,32-,33-,34-,35-,36-,37-,43-/m0/s1. The molecule has 0 heterocycles. The van der Waals surface area contributed by atoms with Gasteiger partial charge >= 0.3 is 23.9 Å². The van der Waals surface area contributed by atoms with Crippen molar-refractivity contribution < 1.29 is 97.5 Å². The highest BCUT2D eigenvalue weighted by atomic mass is 32.1. The summed E-state index contributed by atoms with van der Waals surface area (Å²) >= 11 is 4.10. The number of rotatable bonds is 40. The summed E-state index contributed by atoms with van der Waals surface area (Å²) in [5.41, 5.74) is 11.5. The predicted octanol–water partition coefficient (Wildman–Crippen LogP) is -4.01. The lowest BCUT2D eigenvalue weighted by Crippen LogP contribution is -2.60. The first-order valence-corrected chi connectivity index (χ1v) is 28.0. The van der Waals surface area contributed by atoms with Crippen molar-refractivity contribution in [3.63, 3.8) is 0 Å². The van der Waals surface area contributed by atoms with Crippen LogP contribution in [0.4, 0.5) is 0 Å².